The Labute approximate surface area is 242 Å². The lowest BCUT2D eigenvalue weighted by Crippen LogP contribution is -2.42. The molecule has 0 heterocycles. The second-order valence-electron chi connectivity index (χ2n) is 9.22. The van der Waals surface area contributed by atoms with Gasteiger partial charge in [-0.1, -0.05) is 7.43 Å². The van der Waals surface area contributed by atoms with Crippen molar-refractivity contribution in [3.05, 3.63) is 88.0 Å². The molecule has 19 heteroatoms. The Bertz CT molecular complexity index is 1390. The Morgan fingerprint density at radius 2 is 0.578 bits per heavy atom. The van der Waals surface area contributed by atoms with Crippen molar-refractivity contribution in [2.75, 3.05) is 0 Å². The van der Waals surface area contributed by atoms with E-state index in [9.17, 15) is 65.9 Å². The number of rotatable bonds is 3. The van der Waals surface area contributed by atoms with Gasteiger partial charge in [0.15, 0.2) is 0 Å². The van der Waals surface area contributed by atoms with Crippen LogP contribution in [0.2, 0.25) is 0 Å². The van der Waals surface area contributed by atoms with Crippen molar-refractivity contribution in [1.82, 2.24) is 0 Å². The number of halogens is 18. The first-order valence-electron chi connectivity index (χ1n) is 11.2. The summed E-state index contributed by atoms with van der Waals surface area (Å²) >= 11 is 0. The number of hydrogen-bond donors (Lipinski definition) is 0. The van der Waals surface area contributed by atoms with Crippen molar-refractivity contribution in [2.24, 2.45) is 0 Å². The first-order chi connectivity index (χ1) is 19.5. The Morgan fingerprint density at radius 1 is 0.356 bits per heavy atom. The minimum Gasteiger partial charge on any atom is -0.166 e. The summed E-state index contributed by atoms with van der Waals surface area (Å²) in [5.41, 5.74) is -12.5. The summed E-state index contributed by atoms with van der Waals surface area (Å²) in [6, 6.07) is -3.65. The maximum atomic E-state index is 15.3. The summed E-state index contributed by atoms with van der Waals surface area (Å²) < 4.78 is 251. The van der Waals surface area contributed by atoms with E-state index in [2.05, 4.69) is 0 Å². The van der Waals surface area contributed by atoms with Crippen molar-refractivity contribution >= 4 is 23.2 Å². The molecule has 0 aliphatic carbocycles. The second kappa shape index (κ2) is 11.6. The maximum absolute atomic E-state index is 15.3. The van der Waals surface area contributed by atoms with Gasteiger partial charge in [0.2, 0.25) is 7.26 Å². The molecule has 0 atom stereocenters. The molecule has 0 aromatic heterocycles. The van der Waals surface area contributed by atoms with Gasteiger partial charge in [0.25, 0.3) is 0 Å². The summed E-state index contributed by atoms with van der Waals surface area (Å²) in [5.74, 6) is -6.37. The molecule has 0 nitrogen and oxygen atoms in total. The van der Waals surface area contributed by atoms with Gasteiger partial charge in [-0.2, -0.15) is 65.9 Å². The summed E-state index contributed by atoms with van der Waals surface area (Å²) in [7, 11) is -6.75. The molecule has 0 aliphatic heterocycles. The normalized spacial score (nSPS) is 13.9. The molecule has 250 valence electrons. The Kier molecular flexibility index (Phi) is 9.77. The largest absolute Gasteiger partial charge is 0.524 e. The molecule has 0 radical (unpaired) electrons. The quantitative estimate of drug-likeness (QED) is 0.188. The third kappa shape index (κ3) is 7.63. The lowest BCUT2D eigenvalue weighted by molar-refractivity contribution is -0.144. The van der Waals surface area contributed by atoms with Crippen LogP contribution >= 0.6 is 7.26 Å². The first kappa shape index (κ1) is 38.0. The fourth-order valence-electron chi connectivity index (χ4n) is 4.27. The highest BCUT2D eigenvalue weighted by atomic mass is 31.2. The van der Waals surface area contributed by atoms with Crippen molar-refractivity contribution in [2.45, 2.75) is 51.1 Å². The van der Waals surface area contributed by atoms with Crippen molar-refractivity contribution in [3.8, 4) is 0 Å². The summed E-state index contributed by atoms with van der Waals surface area (Å²) in [6.45, 7) is 0.713. The van der Waals surface area contributed by atoms with E-state index in [1.54, 1.807) is 0 Å². The average molecular weight is 701 g/mol. The van der Waals surface area contributed by atoms with Crippen LogP contribution in [0.4, 0.5) is 79.0 Å². The van der Waals surface area contributed by atoms with Gasteiger partial charge < -0.3 is 0 Å². The van der Waals surface area contributed by atoms with Crippen LogP contribution in [0.25, 0.3) is 0 Å². The van der Waals surface area contributed by atoms with Gasteiger partial charge in [0, 0.05) is 0 Å². The predicted molar refractivity (Wildman–Crippen MR) is 128 cm³/mol. The Balaban J connectivity index is 0.00000705. The smallest absolute Gasteiger partial charge is 0.166 e. The van der Waals surface area contributed by atoms with Crippen LogP contribution in [0.15, 0.2) is 54.6 Å². The van der Waals surface area contributed by atoms with Crippen LogP contribution in [0.3, 0.4) is 0 Å². The molecule has 0 aliphatic rings. The molecule has 0 saturated carbocycles. The zero-order valence-corrected chi connectivity index (χ0v) is 21.8. The van der Waals surface area contributed by atoms with Gasteiger partial charge in [0.05, 0.1) is 27.8 Å². The third-order valence-corrected chi connectivity index (χ3v) is 9.94. The minimum atomic E-state index is -6.75. The number of aryl methyl sites for hydroxylation is 1. The molecular formula is C26H16F18P+. The van der Waals surface area contributed by atoms with Crippen LogP contribution < -0.4 is 15.9 Å². The predicted octanol–water partition coefficient (Wildman–Crippen LogP) is 10.5. The second-order valence-corrected chi connectivity index (χ2v) is 12.6. The van der Waals surface area contributed by atoms with Crippen LogP contribution in [0, 0.1) is 6.92 Å². The molecule has 3 rings (SSSR count). The topological polar surface area (TPSA) is 0 Å². The minimum absolute atomic E-state index is 0. The van der Waals surface area contributed by atoms with Gasteiger partial charge in [-0.15, -0.1) is 13.2 Å². The highest BCUT2D eigenvalue weighted by Crippen LogP contribution is 2.69. The zero-order chi connectivity index (χ0) is 34.1. The van der Waals surface area contributed by atoms with E-state index < -0.39 is 130 Å². The van der Waals surface area contributed by atoms with Gasteiger partial charge in [-0.25, -0.2) is 0 Å². The third-order valence-electron chi connectivity index (χ3n) is 6.08. The van der Waals surface area contributed by atoms with E-state index in [4.69, 9.17) is 0 Å². The van der Waals surface area contributed by atoms with E-state index in [0.717, 1.165) is 0 Å². The maximum Gasteiger partial charge on any atom is 0.524 e. The molecule has 3 aromatic rings. The monoisotopic (exact) mass is 701 g/mol. The standard InChI is InChI=1S/C25H12F18P.CH4/c1-11-2-12(20(26,27)28)6-17(3-11)44(25(41,42)43,18-7-13(21(29,30)31)4-14(8-18)22(32,33)34)19-9-15(23(35,36)37)5-16(10-19)24(38,39)40;/h2-10H,1H3;1H4/q+1;. The van der Waals surface area contributed by atoms with E-state index >= 15 is 13.2 Å². The molecule has 0 saturated heterocycles. The molecule has 0 amide bonds. The van der Waals surface area contributed by atoms with Crippen molar-refractivity contribution in [3.63, 3.8) is 0 Å². The van der Waals surface area contributed by atoms with Crippen molar-refractivity contribution in [1.29, 1.82) is 0 Å². The van der Waals surface area contributed by atoms with E-state index in [1.165, 1.54) is 0 Å². The van der Waals surface area contributed by atoms with Crippen LogP contribution in [-0.4, -0.2) is 5.92 Å². The SMILES string of the molecule is C.Cc1cc(C(F)(F)F)cc([P+](c2cc(C(F)(F)F)cc(C(F)(F)F)c2)(c2cc(C(F)(F)F)cc(C(F)(F)F)c2)C(F)(F)F)c1. The highest BCUT2D eigenvalue weighted by molar-refractivity contribution is 7.96. The molecule has 0 fully saturated rings. The van der Waals surface area contributed by atoms with Crippen LogP contribution in [0.5, 0.6) is 0 Å². The fourth-order valence-corrected chi connectivity index (χ4v) is 8.10. The molecule has 0 N–H and O–H groups in total. The van der Waals surface area contributed by atoms with Gasteiger partial charge in [-0.05, 0) is 67.1 Å². The van der Waals surface area contributed by atoms with Gasteiger partial charge in [-0.3, -0.25) is 0 Å². The number of hydrogen-bond acceptors (Lipinski definition) is 0. The lowest BCUT2D eigenvalue weighted by Gasteiger charge is -2.31. The molecule has 45 heavy (non-hydrogen) atoms. The molecule has 0 spiro atoms. The van der Waals surface area contributed by atoms with E-state index in [0.29, 0.717) is 6.92 Å². The Hall–Kier alpha value is -3.17. The highest BCUT2D eigenvalue weighted by Gasteiger charge is 2.69. The molecule has 3 aromatic carbocycles. The van der Waals surface area contributed by atoms with Gasteiger partial charge >= 0.3 is 36.8 Å². The summed E-state index contributed by atoms with van der Waals surface area (Å²) in [4.78, 5) is 0. The Morgan fingerprint density at radius 3 is 0.800 bits per heavy atom. The van der Waals surface area contributed by atoms with Crippen LogP contribution in [0.1, 0.15) is 40.8 Å². The molecule has 0 bridgehead atoms. The van der Waals surface area contributed by atoms with E-state index in [-0.39, 0.29) is 25.6 Å². The lowest BCUT2D eigenvalue weighted by atomic mass is 10.1. The van der Waals surface area contributed by atoms with E-state index in [1.807, 2.05) is 0 Å². The zero-order valence-electron chi connectivity index (χ0n) is 20.9. The van der Waals surface area contributed by atoms with Crippen LogP contribution in [-0.2, 0) is 30.9 Å². The fraction of sp³-hybridized carbons (Fsp3) is 0.308. The summed E-state index contributed by atoms with van der Waals surface area (Å²) in [5, 5.41) is -6.12. The molecular weight excluding hydrogens is 685 g/mol. The number of alkyl halides is 18. The molecule has 0 unspecified atom stereocenters. The average Bonchev–Trinajstić information content (AvgIpc) is 2.80. The first-order valence-corrected chi connectivity index (χ1v) is 13.0. The number of benzene rings is 3. The van der Waals surface area contributed by atoms with Gasteiger partial charge in [0.1, 0.15) is 15.9 Å². The summed E-state index contributed by atoms with van der Waals surface area (Å²) in [6.07, 6.45) is -29.0. The van der Waals surface area contributed by atoms with Crippen molar-refractivity contribution < 1.29 is 79.0 Å².